The van der Waals surface area contributed by atoms with Crippen LogP contribution in [0.4, 0.5) is 11.8 Å². The Kier molecular flexibility index (Phi) is 4.30. The Balaban J connectivity index is 1.26. The van der Waals surface area contributed by atoms with Crippen molar-refractivity contribution in [2.24, 2.45) is 5.92 Å². The summed E-state index contributed by atoms with van der Waals surface area (Å²) < 4.78 is 12.6. The quantitative estimate of drug-likeness (QED) is 0.762. The maximum atomic E-state index is 12.6. The zero-order valence-electron chi connectivity index (χ0n) is 16.4. The number of hydrogen-bond donors (Lipinski definition) is 1. The second-order valence-electron chi connectivity index (χ2n) is 8.90. The van der Waals surface area contributed by atoms with Crippen molar-refractivity contribution in [1.82, 2.24) is 19.9 Å². The minimum absolute atomic E-state index is 0.0696. The Labute approximate surface area is 182 Å². The fraction of sp³-hybridized carbons (Fsp3) is 0.600. The van der Waals surface area contributed by atoms with Crippen LogP contribution in [0, 0.1) is 5.92 Å². The third kappa shape index (κ3) is 2.71. The summed E-state index contributed by atoms with van der Waals surface area (Å²) in [4.78, 5) is 23.4. The lowest BCUT2D eigenvalue weighted by molar-refractivity contribution is 0.119. The van der Waals surface area contributed by atoms with Gasteiger partial charge in [-0.05, 0) is 38.0 Å². The van der Waals surface area contributed by atoms with Crippen LogP contribution < -0.4 is 9.80 Å². The number of halogens is 1. The molecular weight excluding hydrogens is 424 g/mol. The fourth-order valence-electron chi connectivity index (χ4n) is 5.58. The molecule has 4 aliphatic rings. The minimum Gasteiger partial charge on any atom is -0.394 e. The van der Waals surface area contributed by atoms with Gasteiger partial charge >= 0.3 is 0 Å². The number of aromatic nitrogens is 4. The van der Waals surface area contributed by atoms with E-state index in [-0.39, 0.29) is 12.1 Å². The highest BCUT2D eigenvalue weighted by Gasteiger charge is 2.49. The van der Waals surface area contributed by atoms with Gasteiger partial charge in [0.15, 0.2) is 5.82 Å². The molecule has 2 aromatic rings. The number of hydrogen-bond acceptors (Lipinski definition) is 8. The first-order valence-electron chi connectivity index (χ1n) is 10.5. The van der Waals surface area contributed by atoms with E-state index in [2.05, 4.69) is 24.8 Å². The molecule has 2 bridgehead atoms. The van der Waals surface area contributed by atoms with Gasteiger partial charge in [0.25, 0.3) is 0 Å². The molecule has 10 heteroatoms. The largest absolute Gasteiger partial charge is 0.394 e. The molecule has 0 amide bonds. The third-order valence-electron chi connectivity index (χ3n) is 7.39. The molecule has 2 aliphatic carbocycles. The Morgan fingerprint density at radius 3 is 2.63 bits per heavy atom. The molecule has 1 N–H and O–H groups in total. The summed E-state index contributed by atoms with van der Waals surface area (Å²) in [7, 11) is -1.14. The van der Waals surface area contributed by atoms with Crippen LogP contribution in [-0.4, -0.2) is 59.9 Å². The van der Waals surface area contributed by atoms with Gasteiger partial charge in [0.2, 0.25) is 5.95 Å². The van der Waals surface area contributed by atoms with Crippen LogP contribution in [0.15, 0.2) is 23.5 Å². The van der Waals surface area contributed by atoms with Crippen molar-refractivity contribution in [3.63, 3.8) is 0 Å². The predicted octanol–water partition coefficient (Wildman–Crippen LogP) is 2.10. The van der Waals surface area contributed by atoms with E-state index in [4.69, 9.17) is 16.6 Å². The van der Waals surface area contributed by atoms with Crippen molar-refractivity contribution >= 4 is 34.2 Å². The van der Waals surface area contributed by atoms with E-state index in [1.807, 2.05) is 0 Å². The zero-order valence-corrected chi connectivity index (χ0v) is 18.0. The number of nitrogens with zero attached hydrogens (tertiary/aromatic N) is 6. The van der Waals surface area contributed by atoms with Gasteiger partial charge in [0.1, 0.15) is 16.6 Å². The van der Waals surface area contributed by atoms with Crippen LogP contribution >= 0.6 is 11.6 Å². The average Bonchev–Trinajstić information content (AvgIpc) is 3.42. The monoisotopic (exact) mass is 446 g/mol. The fourth-order valence-corrected chi connectivity index (χ4v) is 6.98. The highest BCUT2D eigenvalue weighted by atomic mass is 35.5. The summed E-state index contributed by atoms with van der Waals surface area (Å²) in [5.74, 6) is 3.53. The van der Waals surface area contributed by atoms with Crippen LogP contribution in [0.2, 0.25) is 5.02 Å². The number of aliphatic hydroxyl groups is 1. The molecule has 0 aromatic carbocycles. The summed E-state index contributed by atoms with van der Waals surface area (Å²) in [5, 5.41) is 10.6. The summed E-state index contributed by atoms with van der Waals surface area (Å²) in [6, 6.07) is 0.355. The highest BCUT2D eigenvalue weighted by molar-refractivity contribution is 7.85. The molecule has 30 heavy (non-hydrogen) atoms. The van der Waals surface area contributed by atoms with E-state index in [1.54, 1.807) is 18.6 Å². The molecule has 0 radical (unpaired) electrons. The first-order valence-corrected chi connectivity index (χ1v) is 12.2. The van der Waals surface area contributed by atoms with Gasteiger partial charge in [-0.2, -0.15) is 4.98 Å². The molecule has 158 valence electrons. The molecule has 2 aromatic heterocycles. The second-order valence-corrected chi connectivity index (χ2v) is 10.7. The zero-order chi connectivity index (χ0) is 20.5. The molecule has 2 aliphatic heterocycles. The summed E-state index contributed by atoms with van der Waals surface area (Å²) in [5.41, 5.74) is -0.312. The Morgan fingerprint density at radius 2 is 2.00 bits per heavy atom. The molecule has 0 spiro atoms. The second kappa shape index (κ2) is 6.83. The number of piperidine rings is 1. The molecule has 4 unspecified atom stereocenters. The van der Waals surface area contributed by atoms with Crippen molar-refractivity contribution in [3.05, 3.63) is 29.4 Å². The lowest BCUT2D eigenvalue weighted by Gasteiger charge is -2.47. The van der Waals surface area contributed by atoms with Crippen LogP contribution in [0.5, 0.6) is 0 Å². The van der Waals surface area contributed by atoms with E-state index in [1.165, 1.54) is 0 Å². The lowest BCUT2D eigenvalue weighted by atomic mass is 9.76. The van der Waals surface area contributed by atoms with Gasteiger partial charge in [-0.1, -0.05) is 11.6 Å². The maximum Gasteiger partial charge on any atom is 0.227 e. The normalized spacial score (nSPS) is 31.1. The molecule has 3 fully saturated rings. The van der Waals surface area contributed by atoms with Gasteiger partial charge in [0.05, 0.1) is 34.2 Å². The van der Waals surface area contributed by atoms with Crippen molar-refractivity contribution < 1.29 is 9.32 Å². The molecule has 8 nitrogen and oxygen atoms in total. The smallest absolute Gasteiger partial charge is 0.227 e. The highest BCUT2D eigenvalue weighted by Crippen LogP contribution is 2.49. The molecule has 4 atom stereocenters. The van der Waals surface area contributed by atoms with Crippen molar-refractivity contribution in [2.45, 2.75) is 54.5 Å². The van der Waals surface area contributed by atoms with Gasteiger partial charge < -0.3 is 14.9 Å². The van der Waals surface area contributed by atoms with Gasteiger partial charge in [-0.25, -0.2) is 15.0 Å². The van der Waals surface area contributed by atoms with E-state index >= 15 is 0 Å². The number of fused-ring (bicyclic) bond motifs is 3. The molecular formula is C20H23ClN6O2S. The number of aliphatic hydroxyl groups excluding tert-OH is 1. The number of rotatable bonds is 4. The van der Waals surface area contributed by atoms with Crippen LogP contribution in [0.3, 0.4) is 0 Å². The third-order valence-corrected chi connectivity index (χ3v) is 8.86. The van der Waals surface area contributed by atoms with Crippen LogP contribution in [0.25, 0.3) is 0 Å². The summed E-state index contributed by atoms with van der Waals surface area (Å²) in [6.07, 6.45) is 10.0. The Morgan fingerprint density at radius 1 is 1.20 bits per heavy atom. The topological polar surface area (TPSA) is 95.3 Å². The SMILES string of the molecule is O=S1CN(C2(CO)CCC2)c2nc(N3CC4CC3CC4c3ncc(Cl)cn3)ncc21. The van der Waals surface area contributed by atoms with Crippen LogP contribution in [0.1, 0.15) is 43.8 Å². The van der Waals surface area contributed by atoms with Crippen LogP contribution in [-0.2, 0) is 10.8 Å². The van der Waals surface area contributed by atoms with E-state index < -0.39 is 10.8 Å². The first-order chi connectivity index (χ1) is 14.6. The Hall–Kier alpha value is -1.84. The lowest BCUT2D eigenvalue weighted by Crippen LogP contribution is -2.56. The van der Waals surface area contributed by atoms with E-state index in [0.717, 1.165) is 50.3 Å². The number of anilines is 2. The van der Waals surface area contributed by atoms with E-state index in [0.29, 0.717) is 39.6 Å². The van der Waals surface area contributed by atoms with Gasteiger partial charge in [-0.15, -0.1) is 0 Å². The molecule has 2 saturated carbocycles. The average molecular weight is 447 g/mol. The standard InChI is InChI=1S/C20H23ClN6O2S/c21-13-6-22-17(23-7-13)15-5-14-4-12(15)9-26(14)19-24-8-16-18(25-19)27(11-30(16)29)20(10-28)2-1-3-20/h6-8,12,14-15,28H,1-5,9-11H2. The molecule has 1 saturated heterocycles. The van der Waals surface area contributed by atoms with Crippen molar-refractivity contribution in [3.8, 4) is 0 Å². The minimum atomic E-state index is -1.14. The summed E-state index contributed by atoms with van der Waals surface area (Å²) >= 11 is 5.94. The predicted molar refractivity (Wildman–Crippen MR) is 113 cm³/mol. The summed E-state index contributed by atoms with van der Waals surface area (Å²) in [6.45, 7) is 0.939. The van der Waals surface area contributed by atoms with E-state index in [9.17, 15) is 9.32 Å². The van der Waals surface area contributed by atoms with Crippen molar-refractivity contribution in [1.29, 1.82) is 0 Å². The maximum absolute atomic E-state index is 12.6. The Bertz CT molecular complexity index is 1010. The van der Waals surface area contributed by atoms with Gasteiger partial charge in [-0.3, -0.25) is 4.21 Å². The van der Waals surface area contributed by atoms with Crippen molar-refractivity contribution in [2.75, 3.05) is 28.8 Å². The molecule has 6 rings (SSSR count). The molecule has 4 heterocycles. The first kappa shape index (κ1) is 18.9. The van der Waals surface area contributed by atoms with Gasteiger partial charge in [0, 0.05) is 30.9 Å².